The summed E-state index contributed by atoms with van der Waals surface area (Å²) in [4.78, 5) is 7.27. The topological polar surface area (TPSA) is 174 Å². The fraction of sp³-hybridized carbons (Fsp3) is 0.308. The molecule has 0 saturated heterocycles. The van der Waals surface area contributed by atoms with Gasteiger partial charge in [0.05, 0.1) is 66.9 Å². The molecule has 0 aliphatic heterocycles. The summed E-state index contributed by atoms with van der Waals surface area (Å²) in [7, 11) is 0. The molecular weight excluding hydrogens is 877 g/mol. The predicted molar refractivity (Wildman–Crippen MR) is 271 cm³/mol. The van der Waals surface area contributed by atoms with Gasteiger partial charge in [0.2, 0.25) is 0 Å². The Morgan fingerprint density at radius 2 is 0.371 bits per heavy atom. The Balaban J connectivity index is 0.000000174. The second kappa shape index (κ2) is 18.0. The van der Waals surface area contributed by atoms with E-state index in [1.165, 1.54) is 0 Å². The monoisotopic (exact) mass is 939 g/mol. The van der Waals surface area contributed by atoms with Crippen molar-refractivity contribution in [1.82, 2.24) is 88.2 Å². The van der Waals surface area contributed by atoms with Crippen molar-refractivity contribution in [1.29, 1.82) is 0 Å². The van der Waals surface area contributed by atoms with Crippen molar-refractivity contribution in [2.24, 2.45) is 0 Å². The fourth-order valence-electron chi connectivity index (χ4n) is 9.33. The lowest BCUT2D eigenvalue weighted by atomic mass is 10.4. The van der Waals surface area contributed by atoms with Crippen LogP contribution < -0.4 is 21.4 Å². The Kier molecular flexibility index (Phi) is 12.0. The van der Waals surface area contributed by atoms with Crippen LogP contribution in [0.2, 0.25) is 0 Å². The first-order valence-corrected chi connectivity index (χ1v) is 23.4. The Morgan fingerprint density at radius 3 is 0.471 bits per heavy atom. The maximum Gasteiger partial charge on any atom is 0.178 e. The summed E-state index contributed by atoms with van der Waals surface area (Å²) in [5.74, 6) is 3.36. The molecule has 0 saturated carbocycles. The van der Waals surface area contributed by atoms with Crippen LogP contribution in [0.3, 0.4) is 0 Å². The standard InChI is InChI=1S/2C26H31N9/c2*1-15-11-19(5)32(28-15)25(33-20(6)12-16(2)29-33)23-9-10-24(27-23)26(34-21(7)13-17(3)30-34)35-22(8)14-18(4)31-35/h2*9-14,27H,1-8H3. The maximum atomic E-state index is 4.78. The third-order valence-corrected chi connectivity index (χ3v) is 12.0. The molecule has 0 radical (unpaired) electrons. The summed E-state index contributed by atoms with van der Waals surface area (Å²) in [5, 5.41) is 41.8. The highest BCUT2D eigenvalue weighted by molar-refractivity contribution is 5.52. The Bertz CT molecular complexity index is 3170. The van der Waals surface area contributed by atoms with E-state index >= 15 is 0 Å². The first kappa shape index (κ1) is 46.8. The molecule has 10 aromatic heterocycles. The van der Waals surface area contributed by atoms with E-state index in [9.17, 15) is 0 Å². The molecule has 0 aliphatic carbocycles. The minimum atomic E-state index is 0.841. The number of H-pyrrole nitrogens is 2. The molecule has 0 amide bonds. The van der Waals surface area contributed by atoms with Crippen LogP contribution in [0.15, 0.2) is 72.8 Å². The van der Waals surface area contributed by atoms with E-state index in [-0.39, 0.29) is 0 Å². The smallest absolute Gasteiger partial charge is 0.178 e. The van der Waals surface area contributed by atoms with Gasteiger partial charge >= 0.3 is 0 Å². The molecule has 18 nitrogen and oxygen atoms in total. The zero-order valence-electron chi connectivity index (χ0n) is 43.1. The van der Waals surface area contributed by atoms with Gasteiger partial charge in [0, 0.05) is 45.6 Å². The van der Waals surface area contributed by atoms with E-state index in [1.54, 1.807) is 0 Å². The molecule has 70 heavy (non-hydrogen) atoms. The zero-order valence-corrected chi connectivity index (χ0v) is 43.1. The van der Waals surface area contributed by atoms with Crippen LogP contribution >= 0.6 is 0 Å². The van der Waals surface area contributed by atoms with Gasteiger partial charge in [0.15, 0.2) is 23.3 Å². The molecule has 2 N–H and O–H groups in total. The third-order valence-electron chi connectivity index (χ3n) is 12.0. The second-order valence-corrected chi connectivity index (χ2v) is 18.6. The van der Waals surface area contributed by atoms with Crippen LogP contribution in [0.4, 0.5) is 0 Å². The maximum absolute atomic E-state index is 4.78. The normalized spacial score (nSPS) is 11.4. The van der Waals surface area contributed by atoms with E-state index in [1.807, 2.05) is 92.8 Å². The quantitative estimate of drug-likeness (QED) is 0.210. The number of nitrogens with one attached hydrogen (secondary N) is 2. The number of aryl methyl sites for hydroxylation is 16. The molecule has 0 unspecified atom stereocenters. The molecule has 10 heterocycles. The molecule has 10 aromatic rings. The summed E-state index contributed by atoms with van der Waals surface area (Å²) >= 11 is 0. The minimum Gasteiger partial charge on any atom is -0.349 e. The van der Waals surface area contributed by atoms with Gasteiger partial charge < -0.3 is 9.97 Å². The predicted octanol–water partition coefficient (Wildman–Crippen LogP) is 5.19. The van der Waals surface area contributed by atoms with Crippen LogP contribution in [-0.4, -0.2) is 88.2 Å². The zero-order chi connectivity index (χ0) is 50.0. The van der Waals surface area contributed by atoms with Crippen molar-refractivity contribution in [2.75, 3.05) is 0 Å². The molecule has 0 aliphatic rings. The highest BCUT2D eigenvalue weighted by Crippen LogP contribution is 2.18. The number of hydrogen-bond donors (Lipinski definition) is 2. The molecule has 360 valence electrons. The van der Waals surface area contributed by atoms with E-state index in [0.717, 1.165) is 136 Å². The Labute approximate surface area is 406 Å². The summed E-state index contributed by atoms with van der Waals surface area (Å²) in [6.07, 6.45) is 0. The van der Waals surface area contributed by atoms with Crippen LogP contribution in [0.25, 0.3) is 23.3 Å². The summed E-state index contributed by atoms with van der Waals surface area (Å²) in [5.41, 5.74) is 15.8. The first-order valence-electron chi connectivity index (χ1n) is 23.4. The third kappa shape index (κ3) is 8.71. The molecule has 0 atom stereocenters. The number of hydrogen-bond acceptors (Lipinski definition) is 8. The van der Waals surface area contributed by atoms with Crippen LogP contribution in [-0.2, 0) is 0 Å². The van der Waals surface area contributed by atoms with Gasteiger partial charge in [-0.3, -0.25) is 0 Å². The number of nitrogens with zero attached hydrogens (tertiary/aromatic N) is 16. The van der Waals surface area contributed by atoms with Crippen LogP contribution in [0, 0.1) is 111 Å². The van der Waals surface area contributed by atoms with E-state index in [2.05, 4.69) is 138 Å². The van der Waals surface area contributed by atoms with Gasteiger partial charge in [-0.15, -0.1) is 0 Å². The van der Waals surface area contributed by atoms with Crippen molar-refractivity contribution >= 4 is 23.3 Å². The van der Waals surface area contributed by atoms with Gasteiger partial charge in [0.1, 0.15) is 0 Å². The Hall–Kier alpha value is -8.28. The summed E-state index contributed by atoms with van der Waals surface area (Å²) < 4.78 is 15.5. The lowest BCUT2D eigenvalue weighted by Crippen LogP contribution is -2.28. The largest absolute Gasteiger partial charge is 0.349 e. The molecule has 0 bridgehead atoms. The van der Waals surface area contributed by atoms with Crippen molar-refractivity contribution in [3.8, 4) is 0 Å². The molecule has 10 rings (SSSR count). The van der Waals surface area contributed by atoms with Crippen molar-refractivity contribution in [3.63, 3.8) is 0 Å². The van der Waals surface area contributed by atoms with Crippen LogP contribution in [0.1, 0.15) is 91.1 Å². The minimum absolute atomic E-state index is 0.841. The van der Waals surface area contributed by atoms with Gasteiger partial charge in [0.25, 0.3) is 0 Å². The van der Waals surface area contributed by atoms with Gasteiger partial charge in [-0.05, 0) is 184 Å². The number of rotatable bonds is 8. The fourth-order valence-corrected chi connectivity index (χ4v) is 9.33. The average Bonchev–Trinajstić information content (AvgIpc) is 4.15. The van der Waals surface area contributed by atoms with Crippen molar-refractivity contribution in [2.45, 2.75) is 111 Å². The Morgan fingerprint density at radius 1 is 0.243 bits per heavy atom. The van der Waals surface area contributed by atoms with Crippen molar-refractivity contribution < 1.29 is 0 Å². The van der Waals surface area contributed by atoms with Crippen molar-refractivity contribution in [3.05, 3.63) is 185 Å². The lowest BCUT2D eigenvalue weighted by molar-refractivity contribution is 0.715. The molecule has 0 aromatic carbocycles. The summed E-state index contributed by atoms with van der Waals surface area (Å²) in [6, 6.07) is 24.8. The number of aromatic amines is 2. The van der Waals surface area contributed by atoms with Gasteiger partial charge in [-0.1, -0.05) is 0 Å². The second-order valence-electron chi connectivity index (χ2n) is 18.6. The number of aromatic nitrogens is 18. The van der Waals surface area contributed by atoms with Gasteiger partial charge in [-0.2, -0.15) is 40.8 Å². The molecule has 18 heteroatoms. The lowest BCUT2D eigenvalue weighted by Gasteiger charge is -2.12. The molecule has 0 fully saturated rings. The highest BCUT2D eigenvalue weighted by Gasteiger charge is 2.20. The van der Waals surface area contributed by atoms with E-state index in [0.29, 0.717) is 0 Å². The summed E-state index contributed by atoms with van der Waals surface area (Å²) in [6.45, 7) is 32.4. The van der Waals surface area contributed by atoms with E-state index in [4.69, 9.17) is 40.8 Å². The molecular formula is C52H62N18. The van der Waals surface area contributed by atoms with E-state index < -0.39 is 0 Å². The van der Waals surface area contributed by atoms with Crippen LogP contribution in [0.5, 0.6) is 0 Å². The highest BCUT2D eigenvalue weighted by atomic mass is 15.5. The van der Waals surface area contributed by atoms with Gasteiger partial charge in [-0.25, -0.2) is 37.5 Å². The SMILES string of the molecule is Cc1cc(C)n(C(=c2ccc(=C(n3nc(C)cc3C)n3nc(C)cc3C)[nH]2)n2nc(C)cc2C)n1.Cc1cc(C)n(C(=c2ccc(=C(n3nc(C)cc3C)n3nc(C)cc3C)[nH]2)n2nc(C)cc2C)n1. The average molecular weight is 939 g/mol. The first-order chi connectivity index (χ1) is 33.2. The molecule has 0 spiro atoms.